The molecule has 2 aromatic carbocycles. The number of hydrogen-bond acceptors (Lipinski definition) is 2. The van der Waals surface area contributed by atoms with Gasteiger partial charge in [-0.2, -0.15) is 5.10 Å². The second-order valence-corrected chi connectivity index (χ2v) is 7.10. The summed E-state index contributed by atoms with van der Waals surface area (Å²) < 4.78 is 1.89. The smallest absolute Gasteiger partial charge is 0.306 e. The SMILES string of the molecule is Cc1ccccc1Cn1nc(C)c(NC(=O)Nc2cccc(Cl)c2Cl)c1C. The molecule has 0 aliphatic rings. The summed E-state index contributed by atoms with van der Waals surface area (Å²) in [5, 5.41) is 10.8. The molecule has 3 rings (SSSR count). The van der Waals surface area contributed by atoms with E-state index in [1.54, 1.807) is 18.2 Å². The molecule has 27 heavy (non-hydrogen) atoms. The lowest BCUT2D eigenvalue weighted by Gasteiger charge is -2.11. The van der Waals surface area contributed by atoms with E-state index < -0.39 is 6.03 Å². The molecule has 1 aromatic heterocycles. The van der Waals surface area contributed by atoms with Crippen LogP contribution in [0.25, 0.3) is 0 Å². The van der Waals surface area contributed by atoms with E-state index in [0.29, 0.717) is 28.0 Å². The predicted octanol–water partition coefficient (Wildman–Crippen LogP) is 5.81. The largest absolute Gasteiger partial charge is 0.323 e. The van der Waals surface area contributed by atoms with Crippen LogP contribution in [0.2, 0.25) is 10.0 Å². The van der Waals surface area contributed by atoms with E-state index in [1.807, 2.05) is 30.7 Å². The van der Waals surface area contributed by atoms with Crippen molar-refractivity contribution in [1.29, 1.82) is 0 Å². The van der Waals surface area contributed by atoms with Crippen molar-refractivity contribution in [2.75, 3.05) is 10.6 Å². The number of carbonyl (C=O) groups excluding carboxylic acids is 1. The Hall–Kier alpha value is -2.50. The molecule has 3 aromatic rings. The fourth-order valence-electron chi connectivity index (χ4n) is 2.85. The van der Waals surface area contributed by atoms with Crippen LogP contribution in [0, 0.1) is 20.8 Å². The van der Waals surface area contributed by atoms with Crippen LogP contribution in [0.15, 0.2) is 42.5 Å². The lowest BCUT2D eigenvalue weighted by atomic mass is 10.1. The molecule has 0 fully saturated rings. The summed E-state index contributed by atoms with van der Waals surface area (Å²) in [6.45, 7) is 6.51. The van der Waals surface area contributed by atoms with Crippen molar-refractivity contribution in [3.63, 3.8) is 0 Å². The molecule has 0 saturated heterocycles. The second-order valence-electron chi connectivity index (χ2n) is 6.31. The molecule has 0 radical (unpaired) electrons. The highest BCUT2D eigenvalue weighted by Crippen LogP contribution is 2.30. The van der Waals surface area contributed by atoms with Gasteiger partial charge in [-0.3, -0.25) is 4.68 Å². The fourth-order valence-corrected chi connectivity index (χ4v) is 3.20. The minimum atomic E-state index is -0.402. The summed E-state index contributed by atoms with van der Waals surface area (Å²) in [5.74, 6) is 0. The first-order chi connectivity index (χ1) is 12.9. The Labute approximate surface area is 168 Å². The van der Waals surface area contributed by atoms with Crippen LogP contribution in [0.5, 0.6) is 0 Å². The zero-order valence-electron chi connectivity index (χ0n) is 15.3. The van der Waals surface area contributed by atoms with Crippen molar-refractivity contribution >= 4 is 40.6 Å². The maximum absolute atomic E-state index is 12.4. The summed E-state index contributed by atoms with van der Waals surface area (Å²) in [6, 6.07) is 12.8. The van der Waals surface area contributed by atoms with Crippen molar-refractivity contribution in [2.24, 2.45) is 0 Å². The van der Waals surface area contributed by atoms with Gasteiger partial charge in [0.1, 0.15) is 0 Å². The predicted molar refractivity (Wildman–Crippen MR) is 111 cm³/mol. The number of amides is 2. The van der Waals surface area contributed by atoms with E-state index in [2.05, 4.69) is 34.8 Å². The quantitative estimate of drug-likeness (QED) is 0.578. The van der Waals surface area contributed by atoms with Crippen molar-refractivity contribution in [3.05, 3.63) is 75.0 Å². The molecular formula is C20H20Cl2N4O. The van der Waals surface area contributed by atoms with Crippen molar-refractivity contribution in [2.45, 2.75) is 27.3 Å². The molecule has 0 atom stereocenters. The highest BCUT2D eigenvalue weighted by atomic mass is 35.5. The number of carbonyl (C=O) groups is 1. The number of urea groups is 1. The molecular weight excluding hydrogens is 383 g/mol. The Kier molecular flexibility index (Phi) is 5.73. The number of nitrogens with zero attached hydrogens (tertiary/aromatic N) is 2. The number of rotatable bonds is 4. The number of aromatic nitrogens is 2. The van der Waals surface area contributed by atoms with E-state index >= 15 is 0 Å². The van der Waals surface area contributed by atoms with Crippen LogP contribution in [0.4, 0.5) is 16.2 Å². The molecule has 0 aliphatic heterocycles. The van der Waals surface area contributed by atoms with E-state index in [1.165, 1.54) is 11.1 Å². The van der Waals surface area contributed by atoms with Crippen LogP contribution in [0.1, 0.15) is 22.5 Å². The molecule has 0 unspecified atom stereocenters. The summed E-state index contributed by atoms with van der Waals surface area (Å²) >= 11 is 12.1. The van der Waals surface area contributed by atoms with Gasteiger partial charge >= 0.3 is 6.03 Å². The molecule has 5 nitrogen and oxygen atoms in total. The highest BCUT2D eigenvalue weighted by Gasteiger charge is 2.16. The number of benzene rings is 2. The summed E-state index contributed by atoms with van der Waals surface area (Å²) in [6.07, 6.45) is 0. The molecule has 2 amide bonds. The Balaban J connectivity index is 1.77. The van der Waals surface area contributed by atoms with Crippen LogP contribution < -0.4 is 10.6 Å². The van der Waals surface area contributed by atoms with Gasteiger partial charge in [0.05, 0.1) is 39.4 Å². The first-order valence-electron chi connectivity index (χ1n) is 8.47. The van der Waals surface area contributed by atoms with E-state index in [9.17, 15) is 4.79 Å². The number of hydrogen-bond donors (Lipinski definition) is 2. The standard InChI is InChI=1S/C20H20Cl2N4O/c1-12-7-4-5-8-15(12)11-26-14(3)19(13(2)25-26)24-20(27)23-17-10-6-9-16(21)18(17)22/h4-10H,11H2,1-3H3,(H2,23,24,27). The Bertz CT molecular complexity index is 998. The Morgan fingerprint density at radius 1 is 1.04 bits per heavy atom. The lowest BCUT2D eigenvalue weighted by Crippen LogP contribution is -2.20. The van der Waals surface area contributed by atoms with Gasteiger partial charge in [-0.1, -0.05) is 53.5 Å². The summed E-state index contributed by atoms with van der Waals surface area (Å²) in [4.78, 5) is 12.4. The van der Waals surface area contributed by atoms with Gasteiger partial charge in [0, 0.05) is 0 Å². The molecule has 0 saturated carbocycles. The number of anilines is 2. The second kappa shape index (κ2) is 8.03. The van der Waals surface area contributed by atoms with E-state index in [-0.39, 0.29) is 0 Å². The van der Waals surface area contributed by atoms with Gasteiger partial charge in [0.15, 0.2) is 0 Å². The monoisotopic (exact) mass is 402 g/mol. The number of nitrogens with one attached hydrogen (secondary N) is 2. The van der Waals surface area contributed by atoms with Gasteiger partial charge in [-0.25, -0.2) is 4.79 Å². The minimum Gasteiger partial charge on any atom is -0.306 e. The maximum Gasteiger partial charge on any atom is 0.323 e. The minimum absolute atomic E-state index is 0.304. The topological polar surface area (TPSA) is 59.0 Å². The fraction of sp³-hybridized carbons (Fsp3) is 0.200. The Morgan fingerprint density at radius 2 is 1.78 bits per heavy atom. The summed E-state index contributed by atoms with van der Waals surface area (Å²) in [5.41, 5.74) is 5.14. The van der Waals surface area contributed by atoms with Crippen LogP contribution in [0.3, 0.4) is 0 Å². The van der Waals surface area contributed by atoms with Crippen LogP contribution >= 0.6 is 23.2 Å². The van der Waals surface area contributed by atoms with Crippen molar-refractivity contribution in [3.8, 4) is 0 Å². The van der Waals surface area contributed by atoms with Crippen molar-refractivity contribution < 1.29 is 4.79 Å². The zero-order chi connectivity index (χ0) is 19.6. The average molecular weight is 403 g/mol. The lowest BCUT2D eigenvalue weighted by molar-refractivity contribution is 0.262. The molecule has 0 bridgehead atoms. The third-order valence-corrected chi connectivity index (χ3v) is 5.22. The zero-order valence-corrected chi connectivity index (χ0v) is 16.8. The Morgan fingerprint density at radius 3 is 2.52 bits per heavy atom. The van der Waals surface area contributed by atoms with E-state index in [0.717, 1.165) is 11.4 Å². The first kappa shape index (κ1) is 19.3. The van der Waals surface area contributed by atoms with Crippen LogP contribution in [-0.4, -0.2) is 15.8 Å². The third-order valence-electron chi connectivity index (χ3n) is 4.40. The third kappa shape index (κ3) is 4.26. The van der Waals surface area contributed by atoms with Gasteiger partial charge < -0.3 is 10.6 Å². The van der Waals surface area contributed by atoms with Crippen molar-refractivity contribution in [1.82, 2.24) is 9.78 Å². The van der Waals surface area contributed by atoms with E-state index in [4.69, 9.17) is 23.2 Å². The van der Waals surface area contributed by atoms with Crippen LogP contribution in [-0.2, 0) is 6.54 Å². The molecule has 140 valence electrons. The molecule has 2 N–H and O–H groups in total. The molecule has 1 heterocycles. The van der Waals surface area contributed by atoms with Gasteiger partial charge in [-0.05, 0) is 44.0 Å². The number of aryl methyl sites for hydroxylation is 2. The average Bonchev–Trinajstić information content (AvgIpc) is 2.88. The van der Waals surface area contributed by atoms with Gasteiger partial charge in [0.25, 0.3) is 0 Å². The maximum atomic E-state index is 12.4. The molecule has 7 heteroatoms. The van der Waals surface area contributed by atoms with Gasteiger partial charge in [-0.15, -0.1) is 0 Å². The first-order valence-corrected chi connectivity index (χ1v) is 9.23. The number of halogens is 2. The normalized spacial score (nSPS) is 10.7. The summed E-state index contributed by atoms with van der Waals surface area (Å²) in [7, 11) is 0. The molecule has 0 spiro atoms. The highest BCUT2D eigenvalue weighted by molar-refractivity contribution is 6.44. The van der Waals surface area contributed by atoms with Gasteiger partial charge in [0.2, 0.25) is 0 Å². The molecule has 0 aliphatic carbocycles.